The molecule has 3 aromatic carbocycles. The molecule has 0 unspecified atom stereocenters. The van der Waals surface area contributed by atoms with Crippen molar-refractivity contribution >= 4 is 34.8 Å². The molecule has 1 amide bonds. The molecule has 0 bridgehead atoms. The van der Waals surface area contributed by atoms with Crippen LogP contribution < -0.4 is 9.47 Å². The molecule has 1 aliphatic heterocycles. The van der Waals surface area contributed by atoms with Crippen molar-refractivity contribution in [1.82, 2.24) is 0 Å². The van der Waals surface area contributed by atoms with E-state index >= 15 is 0 Å². The van der Waals surface area contributed by atoms with E-state index in [0.29, 0.717) is 39.7 Å². The third kappa shape index (κ3) is 6.79. The van der Waals surface area contributed by atoms with Crippen LogP contribution in [0.25, 0.3) is 6.08 Å². The Labute approximate surface area is 236 Å². The molecule has 1 N–H and O–H groups in total. The van der Waals surface area contributed by atoms with E-state index in [1.165, 1.54) is 6.07 Å². The number of carbonyl (C=O) groups excluding carboxylic acids is 2. The maximum absolute atomic E-state index is 14.0. The van der Waals surface area contributed by atoms with E-state index in [1.54, 1.807) is 73.7 Å². The lowest BCUT2D eigenvalue weighted by atomic mass is 10.1. The second kappa shape index (κ2) is 13.1. The zero-order valence-corrected chi connectivity index (χ0v) is 23.1. The summed E-state index contributed by atoms with van der Waals surface area (Å²) in [5.74, 6) is -1.18. The number of amides is 1. The van der Waals surface area contributed by atoms with Gasteiger partial charge in [-0.1, -0.05) is 53.7 Å². The molecule has 0 radical (unpaired) electrons. The molecule has 1 aliphatic rings. The summed E-state index contributed by atoms with van der Waals surface area (Å²) in [6.45, 7) is 5.85. The molecule has 1 heterocycles. The van der Waals surface area contributed by atoms with Crippen molar-refractivity contribution in [2.45, 2.75) is 27.4 Å². The Kier molecular flexibility index (Phi) is 9.39. The zero-order valence-electron chi connectivity index (χ0n) is 22.3. The number of aryl methyl sites for hydroxylation is 1. The quantitative estimate of drug-likeness (QED) is 0.287. The Hall–Kier alpha value is -4.37. The number of aliphatic imine (C=N–C) groups is 1. The molecular weight excluding hydrogens is 533 g/mol. The van der Waals surface area contributed by atoms with E-state index in [0.717, 1.165) is 17.3 Å². The molecule has 4 rings (SSSR count). The molecule has 0 fully saturated rings. The fraction of sp³-hybridized carbons (Fsp3) is 0.194. The molecule has 0 saturated carbocycles. The summed E-state index contributed by atoms with van der Waals surface area (Å²) in [4.78, 5) is 29.9. The largest absolute Gasteiger partial charge is 0.506 e. The number of esters is 1. The van der Waals surface area contributed by atoms with E-state index in [9.17, 15) is 19.1 Å². The number of aliphatic hydroxyl groups is 1. The van der Waals surface area contributed by atoms with Crippen molar-refractivity contribution in [2.75, 3.05) is 13.2 Å². The maximum atomic E-state index is 14.0. The van der Waals surface area contributed by atoms with Gasteiger partial charge in [0, 0.05) is 11.1 Å². The Morgan fingerprint density at radius 3 is 2.42 bits per heavy atom. The monoisotopic (exact) mass is 561 g/mol. The number of aliphatic hydroxyl groups excluding tert-OH is 1. The lowest BCUT2D eigenvalue weighted by Crippen LogP contribution is -2.14. The lowest BCUT2D eigenvalue weighted by Gasteiger charge is -2.13. The number of hydrogen-bond acceptors (Lipinski definition) is 7. The Morgan fingerprint density at radius 1 is 0.975 bits per heavy atom. The number of rotatable bonds is 9. The number of halogens is 1. The second-order valence-corrected chi connectivity index (χ2v) is 9.69. The van der Waals surface area contributed by atoms with Crippen LogP contribution in [0.5, 0.6) is 11.5 Å². The van der Waals surface area contributed by atoms with Crippen LogP contribution in [0.4, 0.5) is 4.39 Å². The standard InChI is InChI=1S/C31H28FNO6S/c1-4-37-25-16-20(12-15-24(25)39-18-22-8-6-7-9-23(22)32)17-26-28(34)27(31(36)38-5-2)30(40-26)33-29(35)21-13-10-19(3)11-14-21/h6-17,34H,4-5,18H2,1-3H3/b26-17-,33-30?. The van der Waals surface area contributed by atoms with Crippen molar-refractivity contribution < 1.29 is 33.3 Å². The van der Waals surface area contributed by atoms with E-state index in [4.69, 9.17) is 14.2 Å². The average molecular weight is 562 g/mol. The molecule has 0 atom stereocenters. The summed E-state index contributed by atoms with van der Waals surface area (Å²) >= 11 is 0.986. The topological polar surface area (TPSA) is 94.4 Å². The Morgan fingerprint density at radius 2 is 1.73 bits per heavy atom. The summed E-state index contributed by atoms with van der Waals surface area (Å²) in [6.07, 6.45) is 1.64. The molecular formula is C31H28FNO6S. The predicted octanol–water partition coefficient (Wildman–Crippen LogP) is 6.81. The molecule has 3 aromatic rings. The first kappa shape index (κ1) is 28.6. The third-order valence-electron chi connectivity index (χ3n) is 5.78. The molecule has 206 valence electrons. The van der Waals surface area contributed by atoms with Gasteiger partial charge in [-0.25, -0.2) is 14.2 Å². The van der Waals surface area contributed by atoms with Crippen LogP contribution in [0.15, 0.2) is 88.0 Å². The van der Waals surface area contributed by atoms with Gasteiger partial charge in [-0.3, -0.25) is 4.79 Å². The molecule has 0 spiro atoms. The number of ether oxygens (including phenoxy) is 3. The normalized spacial score (nSPS) is 15.0. The van der Waals surface area contributed by atoms with Crippen LogP contribution in [-0.2, 0) is 16.1 Å². The van der Waals surface area contributed by atoms with Crippen LogP contribution in [0.1, 0.15) is 40.9 Å². The van der Waals surface area contributed by atoms with Crippen LogP contribution in [-0.4, -0.2) is 35.2 Å². The van der Waals surface area contributed by atoms with Crippen LogP contribution in [0.3, 0.4) is 0 Å². The highest BCUT2D eigenvalue weighted by atomic mass is 32.2. The van der Waals surface area contributed by atoms with Gasteiger partial charge in [-0.2, -0.15) is 0 Å². The number of thioether (sulfide) groups is 1. The third-order valence-corrected chi connectivity index (χ3v) is 6.80. The molecule has 7 nitrogen and oxygen atoms in total. The Balaban J connectivity index is 1.64. The minimum atomic E-state index is -0.779. The van der Waals surface area contributed by atoms with Crippen LogP contribution in [0.2, 0.25) is 0 Å². The van der Waals surface area contributed by atoms with Gasteiger partial charge in [-0.05, 0) is 62.7 Å². The summed E-state index contributed by atoms with van der Waals surface area (Å²) in [6, 6.07) is 18.4. The summed E-state index contributed by atoms with van der Waals surface area (Å²) in [5.41, 5.74) is 2.21. The summed E-state index contributed by atoms with van der Waals surface area (Å²) in [5, 5.41) is 11.0. The molecule has 40 heavy (non-hydrogen) atoms. The van der Waals surface area contributed by atoms with Crippen molar-refractivity contribution in [2.24, 2.45) is 4.99 Å². The van der Waals surface area contributed by atoms with Gasteiger partial charge in [0.2, 0.25) is 0 Å². The van der Waals surface area contributed by atoms with Gasteiger partial charge >= 0.3 is 5.97 Å². The Bertz CT molecular complexity index is 1510. The molecule has 9 heteroatoms. The average Bonchev–Trinajstić information content (AvgIpc) is 3.23. The zero-order chi connectivity index (χ0) is 28.6. The summed E-state index contributed by atoms with van der Waals surface area (Å²) in [7, 11) is 0. The van der Waals surface area contributed by atoms with Crippen LogP contribution >= 0.6 is 11.8 Å². The van der Waals surface area contributed by atoms with Gasteiger partial charge in [-0.15, -0.1) is 0 Å². The van der Waals surface area contributed by atoms with E-state index < -0.39 is 11.9 Å². The van der Waals surface area contributed by atoms with Gasteiger partial charge in [0.1, 0.15) is 28.8 Å². The molecule has 0 aromatic heterocycles. The highest BCUT2D eigenvalue weighted by Crippen LogP contribution is 2.40. The van der Waals surface area contributed by atoms with Gasteiger partial charge in [0.15, 0.2) is 11.5 Å². The van der Waals surface area contributed by atoms with Gasteiger partial charge in [0.05, 0.1) is 18.1 Å². The highest BCUT2D eigenvalue weighted by Gasteiger charge is 2.34. The smallest absolute Gasteiger partial charge is 0.344 e. The fourth-order valence-electron chi connectivity index (χ4n) is 3.77. The van der Waals surface area contributed by atoms with Gasteiger partial charge in [0.25, 0.3) is 5.91 Å². The first-order valence-corrected chi connectivity index (χ1v) is 13.5. The number of hydrogen-bond donors (Lipinski definition) is 1. The predicted molar refractivity (Wildman–Crippen MR) is 153 cm³/mol. The lowest BCUT2D eigenvalue weighted by molar-refractivity contribution is -0.138. The van der Waals surface area contributed by atoms with Gasteiger partial charge < -0.3 is 19.3 Å². The number of nitrogens with zero attached hydrogens (tertiary/aromatic N) is 1. The van der Waals surface area contributed by atoms with Crippen molar-refractivity contribution in [3.63, 3.8) is 0 Å². The minimum absolute atomic E-state index is 0.0182. The van der Waals surface area contributed by atoms with Crippen LogP contribution in [0, 0.1) is 12.7 Å². The first-order valence-electron chi connectivity index (χ1n) is 12.6. The number of benzene rings is 3. The van der Waals surface area contributed by atoms with E-state index in [-0.39, 0.29) is 35.4 Å². The maximum Gasteiger partial charge on any atom is 0.344 e. The van der Waals surface area contributed by atoms with Crippen molar-refractivity contribution in [3.05, 3.63) is 111 Å². The summed E-state index contributed by atoms with van der Waals surface area (Å²) < 4.78 is 30.7. The highest BCUT2D eigenvalue weighted by molar-refractivity contribution is 8.18. The number of carbonyl (C=O) groups is 2. The van der Waals surface area contributed by atoms with E-state index in [2.05, 4.69) is 4.99 Å². The molecule has 0 aliphatic carbocycles. The molecule has 0 saturated heterocycles. The second-order valence-electron chi connectivity index (χ2n) is 8.66. The van der Waals surface area contributed by atoms with Crippen molar-refractivity contribution in [3.8, 4) is 11.5 Å². The van der Waals surface area contributed by atoms with Crippen molar-refractivity contribution in [1.29, 1.82) is 0 Å². The SMILES string of the molecule is CCOC(=O)C1=C(O)/C(=C/c2ccc(OCc3ccccc3F)c(OCC)c2)SC1=NC(=O)c1ccc(C)cc1. The fourth-order valence-corrected chi connectivity index (χ4v) is 4.78. The van der Waals surface area contributed by atoms with E-state index in [1.807, 2.05) is 13.8 Å². The minimum Gasteiger partial charge on any atom is -0.506 e. The first-order chi connectivity index (χ1) is 19.3.